The van der Waals surface area contributed by atoms with Crippen molar-refractivity contribution in [2.75, 3.05) is 6.54 Å². The highest BCUT2D eigenvalue weighted by Crippen LogP contribution is 2.16. The molecule has 0 radical (unpaired) electrons. The summed E-state index contributed by atoms with van der Waals surface area (Å²) in [4.78, 5) is 21.3. The number of hydrogen-bond acceptors (Lipinski definition) is 2. The third kappa shape index (κ3) is 4.81. The fourth-order valence-electron chi connectivity index (χ4n) is 1.05. The van der Waals surface area contributed by atoms with Crippen LogP contribution < -0.4 is 10.6 Å². The molecule has 0 aliphatic heterocycles. The number of amides is 2. The number of nitrogens with one attached hydrogen (secondary N) is 2. The number of rotatable bonds is 4. The number of carbonyl (C=O) groups is 2. The summed E-state index contributed by atoms with van der Waals surface area (Å²) in [5.74, 6) is -1.51. The molecule has 17 heavy (non-hydrogen) atoms. The predicted molar refractivity (Wildman–Crippen MR) is 62.0 cm³/mol. The number of benzene rings is 1. The number of halogens is 2. The third-order valence-corrected chi connectivity index (χ3v) is 2.44. The normalized spacial score (nSPS) is 9.76. The molecule has 1 rings (SSSR count). The monoisotopic (exact) mass is 304 g/mol. The summed E-state index contributed by atoms with van der Waals surface area (Å²) in [7, 11) is 0. The molecule has 0 saturated carbocycles. The minimum absolute atomic E-state index is 0.185. The van der Waals surface area contributed by atoms with E-state index in [0.717, 1.165) is 0 Å². The van der Waals surface area contributed by atoms with E-state index in [1.54, 1.807) is 0 Å². The lowest BCUT2D eigenvalue weighted by Crippen LogP contribution is -2.37. The Morgan fingerprint density at radius 1 is 1.35 bits per heavy atom. The van der Waals surface area contributed by atoms with Crippen molar-refractivity contribution < 1.29 is 19.1 Å². The summed E-state index contributed by atoms with van der Waals surface area (Å²) in [6.45, 7) is -0.261. The minimum Gasteiger partial charge on any atom is -0.480 e. The molecule has 5 nitrogen and oxygen atoms in total. The molecule has 0 atom stereocenters. The van der Waals surface area contributed by atoms with Crippen molar-refractivity contribution in [1.82, 2.24) is 10.6 Å². The number of carboxylic acids is 1. The first-order valence-corrected chi connectivity index (χ1v) is 5.46. The van der Waals surface area contributed by atoms with Gasteiger partial charge in [-0.25, -0.2) is 9.18 Å². The maximum absolute atomic E-state index is 12.9. The van der Waals surface area contributed by atoms with Gasteiger partial charge in [-0.05, 0) is 33.6 Å². The summed E-state index contributed by atoms with van der Waals surface area (Å²) in [5.41, 5.74) is 0.698. The largest absolute Gasteiger partial charge is 0.480 e. The van der Waals surface area contributed by atoms with Crippen LogP contribution in [0.3, 0.4) is 0 Å². The van der Waals surface area contributed by atoms with Gasteiger partial charge in [0.05, 0.1) is 4.47 Å². The van der Waals surface area contributed by atoms with Crippen LogP contribution in [0.4, 0.5) is 9.18 Å². The van der Waals surface area contributed by atoms with Gasteiger partial charge in [0, 0.05) is 6.54 Å². The van der Waals surface area contributed by atoms with E-state index in [9.17, 15) is 14.0 Å². The van der Waals surface area contributed by atoms with Gasteiger partial charge >= 0.3 is 12.0 Å². The maximum atomic E-state index is 12.9. The minimum atomic E-state index is -1.12. The standard InChI is InChI=1S/C10H10BrFN2O3/c11-7-3-6(1-2-8(7)12)4-13-10(17)14-5-9(15)16/h1-3H,4-5H2,(H,15,16)(H2,13,14,17). The topological polar surface area (TPSA) is 78.4 Å². The lowest BCUT2D eigenvalue weighted by atomic mass is 10.2. The van der Waals surface area contributed by atoms with Gasteiger partial charge in [0.2, 0.25) is 0 Å². The molecule has 3 N–H and O–H groups in total. The Kier molecular flexibility index (Phi) is 4.89. The van der Waals surface area contributed by atoms with Gasteiger partial charge in [0.25, 0.3) is 0 Å². The summed E-state index contributed by atoms with van der Waals surface area (Å²) in [6.07, 6.45) is 0. The van der Waals surface area contributed by atoms with E-state index in [-0.39, 0.29) is 12.4 Å². The van der Waals surface area contributed by atoms with Crippen LogP contribution in [0.15, 0.2) is 22.7 Å². The molecule has 0 unspecified atom stereocenters. The molecule has 0 aliphatic carbocycles. The van der Waals surface area contributed by atoms with Gasteiger partial charge in [-0.1, -0.05) is 6.07 Å². The van der Waals surface area contributed by atoms with E-state index >= 15 is 0 Å². The van der Waals surface area contributed by atoms with Crippen molar-refractivity contribution in [1.29, 1.82) is 0 Å². The fourth-order valence-corrected chi connectivity index (χ4v) is 1.48. The molecule has 7 heteroatoms. The Labute approximate surface area is 105 Å². The number of urea groups is 1. The summed E-state index contributed by atoms with van der Waals surface area (Å²) in [6, 6.07) is 3.74. The second kappa shape index (κ2) is 6.19. The van der Waals surface area contributed by atoms with E-state index in [4.69, 9.17) is 5.11 Å². The molecule has 1 aromatic carbocycles. The van der Waals surface area contributed by atoms with E-state index < -0.39 is 18.5 Å². The zero-order chi connectivity index (χ0) is 12.8. The van der Waals surface area contributed by atoms with Crippen molar-refractivity contribution in [3.05, 3.63) is 34.1 Å². The summed E-state index contributed by atoms with van der Waals surface area (Å²) >= 11 is 3.02. The molecule has 0 spiro atoms. The van der Waals surface area contributed by atoms with Crippen LogP contribution in [0, 0.1) is 5.82 Å². The first-order valence-electron chi connectivity index (χ1n) is 4.66. The molecular weight excluding hydrogens is 295 g/mol. The van der Waals surface area contributed by atoms with E-state index in [1.807, 2.05) is 0 Å². The molecule has 2 amide bonds. The molecule has 0 saturated heterocycles. The van der Waals surface area contributed by atoms with Gasteiger partial charge in [-0.15, -0.1) is 0 Å². The molecule has 92 valence electrons. The smallest absolute Gasteiger partial charge is 0.323 e. The first-order chi connectivity index (χ1) is 7.99. The maximum Gasteiger partial charge on any atom is 0.323 e. The van der Waals surface area contributed by atoms with Crippen LogP contribution >= 0.6 is 15.9 Å². The van der Waals surface area contributed by atoms with Gasteiger partial charge in [-0.3, -0.25) is 4.79 Å². The van der Waals surface area contributed by atoms with E-state index in [2.05, 4.69) is 26.6 Å². The SMILES string of the molecule is O=C(O)CNC(=O)NCc1ccc(F)c(Br)c1. The second-order valence-electron chi connectivity index (χ2n) is 3.18. The first kappa shape index (κ1) is 13.4. The van der Waals surface area contributed by atoms with E-state index in [0.29, 0.717) is 10.0 Å². The van der Waals surface area contributed by atoms with Gasteiger partial charge < -0.3 is 15.7 Å². The molecule has 0 aromatic heterocycles. The van der Waals surface area contributed by atoms with Crippen molar-refractivity contribution in [2.45, 2.75) is 6.54 Å². The van der Waals surface area contributed by atoms with Crippen LogP contribution in [0.25, 0.3) is 0 Å². The van der Waals surface area contributed by atoms with Crippen LogP contribution in [0.2, 0.25) is 0 Å². The highest BCUT2D eigenvalue weighted by Gasteiger charge is 2.04. The number of carboxylic acid groups (broad SMARTS) is 1. The molecular formula is C10H10BrFN2O3. The Bertz CT molecular complexity index is 440. The Morgan fingerprint density at radius 2 is 2.06 bits per heavy atom. The lowest BCUT2D eigenvalue weighted by Gasteiger charge is -2.06. The van der Waals surface area contributed by atoms with Crippen LogP contribution in [-0.4, -0.2) is 23.7 Å². The fraction of sp³-hybridized carbons (Fsp3) is 0.200. The number of hydrogen-bond donors (Lipinski definition) is 3. The molecule has 0 fully saturated rings. The second-order valence-corrected chi connectivity index (χ2v) is 4.03. The average molecular weight is 305 g/mol. The molecule has 0 heterocycles. The molecule has 0 aliphatic rings. The average Bonchev–Trinajstić information content (AvgIpc) is 2.28. The van der Waals surface area contributed by atoms with Crippen molar-refractivity contribution in [3.63, 3.8) is 0 Å². The zero-order valence-corrected chi connectivity index (χ0v) is 10.3. The van der Waals surface area contributed by atoms with Crippen molar-refractivity contribution in [3.8, 4) is 0 Å². The Balaban J connectivity index is 2.42. The van der Waals surface area contributed by atoms with Gasteiger partial charge in [0.15, 0.2) is 0 Å². The number of aliphatic carboxylic acids is 1. The molecule has 1 aromatic rings. The van der Waals surface area contributed by atoms with Gasteiger partial charge in [-0.2, -0.15) is 0 Å². The Morgan fingerprint density at radius 3 is 2.65 bits per heavy atom. The zero-order valence-electron chi connectivity index (χ0n) is 8.67. The highest BCUT2D eigenvalue weighted by molar-refractivity contribution is 9.10. The van der Waals surface area contributed by atoms with Crippen LogP contribution in [0.5, 0.6) is 0 Å². The summed E-state index contributed by atoms with van der Waals surface area (Å²) in [5, 5.41) is 12.9. The van der Waals surface area contributed by atoms with Crippen LogP contribution in [-0.2, 0) is 11.3 Å². The van der Waals surface area contributed by atoms with E-state index in [1.165, 1.54) is 18.2 Å². The van der Waals surface area contributed by atoms with Crippen molar-refractivity contribution in [2.24, 2.45) is 0 Å². The Hall–Kier alpha value is -1.63. The third-order valence-electron chi connectivity index (χ3n) is 1.84. The van der Waals surface area contributed by atoms with Gasteiger partial charge in [0.1, 0.15) is 12.4 Å². The van der Waals surface area contributed by atoms with Crippen LogP contribution in [0.1, 0.15) is 5.56 Å². The highest BCUT2D eigenvalue weighted by atomic mass is 79.9. The van der Waals surface area contributed by atoms with Crippen molar-refractivity contribution >= 4 is 27.9 Å². The quantitative estimate of drug-likeness (QED) is 0.788. The lowest BCUT2D eigenvalue weighted by molar-refractivity contribution is -0.135. The number of carbonyl (C=O) groups excluding carboxylic acids is 1. The molecule has 0 bridgehead atoms. The predicted octanol–water partition coefficient (Wildman–Crippen LogP) is 1.47. The summed E-state index contributed by atoms with van der Waals surface area (Å²) < 4.78 is 13.2.